The van der Waals surface area contributed by atoms with E-state index in [1.807, 2.05) is 18.2 Å². The molecule has 1 aliphatic heterocycles. The number of anilines is 1. The first-order chi connectivity index (χ1) is 14.7. The van der Waals surface area contributed by atoms with Gasteiger partial charge in [-0.05, 0) is 55.7 Å². The van der Waals surface area contributed by atoms with Crippen LogP contribution in [0.1, 0.15) is 30.0 Å². The number of amides is 1. The number of carbonyl (C=O) groups is 1. The molecule has 0 saturated carbocycles. The molecule has 1 aliphatic rings. The molecule has 3 aromatic rings. The number of rotatable bonds is 4. The summed E-state index contributed by atoms with van der Waals surface area (Å²) in [6, 6.07) is 9.89. The quantitative estimate of drug-likeness (QED) is 0.587. The average Bonchev–Trinajstić information content (AvgIpc) is 3.12. The Morgan fingerprint density at radius 2 is 1.94 bits per heavy atom. The zero-order valence-electron chi connectivity index (χ0n) is 16.9. The minimum Gasteiger partial charge on any atom is -0.327 e. The van der Waals surface area contributed by atoms with E-state index in [9.17, 15) is 18.0 Å². The molecule has 0 spiro atoms. The topological polar surface area (TPSA) is 50.2 Å². The first-order valence-corrected chi connectivity index (χ1v) is 10.4. The molecule has 0 atom stereocenters. The second-order valence-corrected chi connectivity index (χ2v) is 8.30. The van der Waals surface area contributed by atoms with Crippen molar-refractivity contribution in [1.82, 2.24) is 14.5 Å². The van der Waals surface area contributed by atoms with Crippen molar-refractivity contribution in [2.45, 2.75) is 32.0 Å². The fourth-order valence-electron chi connectivity index (χ4n) is 4.01. The van der Waals surface area contributed by atoms with Crippen molar-refractivity contribution in [3.63, 3.8) is 0 Å². The number of carbonyl (C=O) groups excluding carboxylic acids is 1. The molecule has 164 valence electrons. The predicted molar refractivity (Wildman–Crippen MR) is 114 cm³/mol. The highest BCUT2D eigenvalue weighted by atomic mass is 35.5. The lowest BCUT2D eigenvalue weighted by molar-refractivity contribution is -0.137. The van der Waals surface area contributed by atoms with Crippen molar-refractivity contribution in [3.8, 4) is 0 Å². The Hall–Kier alpha value is -2.58. The van der Waals surface area contributed by atoms with Gasteiger partial charge in [0.25, 0.3) is 0 Å². The summed E-state index contributed by atoms with van der Waals surface area (Å²) in [7, 11) is 0. The van der Waals surface area contributed by atoms with E-state index in [0.717, 1.165) is 49.1 Å². The molecule has 9 heteroatoms. The van der Waals surface area contributed by atoms with Gasteiger partial charge in [-0.15, -0.1) is 0 Å². The van der Waals surface area contributed by atoms with Crippen LogP contribution in [0.4, 0.5) is 18.9 Å². The maximum absolute atomic E-state index is 13.0. The summed E-state index contributed by atoms with van der Waals surface area (Å²) in [5.74, 6) is -0.350. The van der Waals surface area contributed by atoms with Gasteiger partial charge < -0.3 is 9.88 Å². The van der Waals surface area contributed by atoms with E-state index >= 15 is 0 Å². The Balaban J connectivity index is 1.34. The van der Waals surface area contributed by atoms with Gasteiger partial charge in [0, 0.05) is 24.8 Å². The molecule has 31 heavy (non-hydrogen) atoms. The molecule has 2 heterocycles. The Labute approximate surface area is 182 Å². The second kappa shape index (κ2) is 8.51. The number of halogens is 4. The summed E-state index contributed by atoms with van der Waals surface area (Å²) in [4.78, 5) is 18.9. The number of likely N-dealkylation sites (tertiary alicyclic amines) is 1. The van der Waals surface area contributed by atoms with Crippen LogP contribution in [0.15, 0.2) is 42.7 Å². The van der Waals surface area contributed by atoms with Crippen LogP contribution >= 0.6 is 11.6 Å². The van der Waals surface area contributed by atoms with E-state index < -0.39 is 16.8 Å². The molecule has 4 rings (SSSR count). The maximum Gasteiger partial charge on any atom is 0.417 e. The highest BCUT2D eigenvalue weighted by Crippen LogP contribution is 2.36. The van der Waals surface area contributed by atoms with E-state index in [2.05, 4.69) is 33.1 Å². The van der Waals surface area contributed by atoms with Crippen molar-refractivity contribution >= 4 is 34.2 Å². The maximum atomic E-state index is 13.0. The van der Waals surface area contributed by atoms with Crippen LogP contribution in [0.2, 0.25) is 5.02 Å². The van der Waals surface area contributed by atoms with Gasteiger partial charge >= 0.3 is 6.18 Å². The average molecular weight is 451 g/mol. The largest absolute Gasteiger partial charge is 0.417 e. The van der Waals surface area contributed by atoms with Crippen molar-refractivity contribution in [3.05, 3.63) is 58.9 Å². The molecular weight excluding hydrogens is 429 g/mol. The van der Waals surface area contributed by atoms with Crippen LogP contribution in [0.3, 0.4) is 0 Å². The Bertz CT molecular complexity index is 1100. The molecule has 0 unspecified atom stereocenters. The Morgan fingerprint density at radius 3 is 2.65 bits per heavy atom. The van der Waals surface area contributed by atoms with Gasteiger partial charge in [-0.3, -0.25) is 9.69 Å². The first-order valence-electron chi connectivity index (χ1n) is 10.0. The van der Waals surface area contributed by atoms with E-state index in [-0.39, 0.29) is 18.1 Å². The van der Waals surface area contributed by atoms with Gasteiger partial charge in [0.2, 0.25) is 5.91 Å². The van der Waals surface area contributed by atoms with Crippen molar-refractivity contribution in [2.24, 2.45) is 0 Å². The van der Waals surface area contributed by atoms with Gasteiger partial charge in [0.15, 0.2) is 0 Å². The number of imidazole rings is 1. The number of hydrogen-bond acceptors (Lipinski definition) is 3. The van der Waals surface area contributed by atoms with Crippen LogP contribution in [0.5, 0.6) is 0 Å². The highest BCUT2D eigenvalue weighted by molar-refractivity contribution is 6.31. The van der Waals surface area contributed by atoms with Gasteiger partial charge in [0.05, 0.1) is 34.5 Å². The Morgan fingerprint density at radius 1 is 1.19 bits per heavy atom. The highest BCUT2D eigenvalue weighted by Gasteiger charge is 2.33. The monoisotopic (exact) mass is 450 g/mol. The van der Waals surface area contributed by atoms with Crippen LogP contribution in [-0.4, -0.2) is 40.0 Å². The first kappa shape index (κ1) is 21.6. The van der Waals surface area contributed by atoms with Crippen LogP contribution in [-0.2, 0) is 11.0 Å². The summed E-state index contributed by atoms with van der Waals surface area (Å²) in [5, 5.41) is 2.15. The van der Waals surface area contributed by atoms with Gasteiger partial charge in [0.1, 0.15) is 0 Å². The number of nitrogens with one attached hydrogen (secondary N) is 1. The fraction of sp³-hybridized carbons (Fsp3) is 0.364. The van der Waals surface area contributed by atoms with Crippen LogP contribution in [0.25, 0.3) is 11.0 Å². The number of hydrogen-bond donors (Lipinski definition) is 1. The molecule has 1 aromatic heterocycles. The van der Waals surface area contributed by atoms with Gasteiger partial charge in [-0.1, -0.05) is 17.7 Å². The summed E-state index contributed by atoms with van der Waals surface area (Å²) in [6.07, 6.45) is -0.969. The summed E-state index contributed by atoms with van der Waals surface area (Å²) in [6.45, 7) is 3.60. The van der Waals surface area contributed by atoms with E-state index in [4.69, 9.17) is 11.6 Å². The lowest BCUT2D eigenvalue weighted by Crippen LogP contribution is -2.39. The van der Waals surface area contributed by atoms with E-state index in [0.29, 0.717) is 6.04 Å². The number of aryl methyl sites for hydroxylation is 1. The number of nitrogens with zero attached hydrogens (tertiary/aromatic N) is 3. The third-order valence-corrected chi connectivity index (χ3v) is 5.93. The summed E-state index contributed by atoms with van der Waals surface area (Å²) < 4.78 is 41.2. The Kier molecular flexibility index (Phi) is 5.94. The summed E-state index contributed by atoms with van der Waals surface area (Å²) in [5.41, 5.74) is 2.36. The molecule has 0 radical (unpaired) electrons. The minimum absolute atomic E-state index is 0.0804. The number of aromatic nitrogens is 2. The predicted octanol–water partition coefficient (Wildman–Crippen LogP) is 5.29. The number of piperidine rings is 1. The third-order valence-electron chi connectivity index (χ3n) is 5.60. The second-order valence-electron chi connectivity index (χ2n) is 7.89. The minimum atomic E-state index is -4.57. The van der Waals surface area contributed by atoms with Crippen molar-refractivity contribution < 1.29 is 18.0 Å². The fourth-order valence-corrected chi connectivity index (χ4v) is 4.24. The lowest BCUT2D eigenvalue weighted by Gasteiger charge is -2.32. The van der Waals surface area contributed by atoms with E-state index in [1.165, 1.54) is 11.6 Å². The smallest absolute Gasteiger partial charge is 0.327 e. The summed E-state index contributed by atoms with van der Waals surface area (Å²) >= 11 is 5.63. The van der Waals surface area contributed by atoms with Crippen LogP contribution < -0.4 is 5.32 Å². The number of alkyl halides is 3. The SMILES string of the molecule is Cc1ccc2c(c1)ncn2C1CCN(CC(=O)Nc2ccc(Cl)c(C(F)(F)F)c2)CC1. The standard InChI is InChI=1S/C22H22ClF3N4O/c1-14-2-5-20-19(10-14)27-13-30(20)16-6-8-29(9-7-16)12-21(31)28-15-3-4-18(23)17(11-15)22(24,25)26/h2-5,10-11,13,16H,6-9,12H2,1H3,(H,28,31). The molecule has 0 aliphatic carbocycles. The molecule has 0 bridgehead atoms. The van der Waals surface area contributed by atoms with Gasteiger partial charge in [-0.2, -0.15) is 13.2 Å². The molecular formula is C22H22ClF3N4O. The lowest BCUT2D eigenvalue weighted by atomic mass is 10.0. The number of benzene rings is 2. The van der Waals surface area contributed by atoms with Crippen molar-refractivity contribution in [1.29, 1.82) is 0 Å². The molecule has 5 nitrogen and oxygen atoms in total. The van der Waals surface area contributed by atoms with Gasteiger partial charge in [-0.25, -0.2) is 4.98 Å². The molecule has 1 saturated heterocycles. The molecule has 1 fully saturated rings. The molecule has 1 amide bonds. The third kappa shape index (κ3) is 4.85. The van der Waals surface area contributed by atoms with Crippen molar-refractivity contribution in [2.75, 3.05) is 25.0 Å². The zero-order valence-corrected chi connectivity index (χ0v) is 17.7. The zero-order chi connectivity index (χ0) is 22.2. The number of fused-ring (bicyclic) bond motifs is 1. The molecule has 1 N–H and O–H groups in total. The van der Waals surface area contributed by atoms with E-state index in [1.54, 1.807) is 0 Å². The molecule has 2 aromatic carbocycles. The normalized spacial score (nSPS) is 16.0. The van der Waals surface area contributed by atoms with Crippen LogP contribution in [0, 0.1) is 6.92 Å².